The number of anilines is 1. The lowest BCUT2D eigenvalue weighted by atomic mass is 9.79. The predicted molar refractivity (Wildman–Crippen MR) is 172 cm³/mol. The smallest absolute Gasteiger partial charge is 0.367 e. The van der Waals surface area contributed by atoms with E-state index in [4.69, 9.17) is 0 Å². The number of rotatable bonds is 11. The number of carbonyl (C=O) groups excluding carboxylic acids is 2. The van der Waals surface area contributed by atoms with E-state index in [1.807, 2.05) is 6.07 Å². The Labute approximate surface area is 273 Å². The third-order valence-corrected chi connectivity index (χ3v) is 11.4. The van der Waals surface area contributed by atoms with Crippen molar-refractivity contribution in [3.05, 3.63) is 52.3 Å². The SMILES string of the molecule is Cc1c(CN2CCC(Nc3ncnc4sc(CC(F)(F)F)cc34)CC2)ccc2c1cc(C#N)n2CC12CCC1(NC(=O)CNC=O)C2. The second-order valence-electron chi connectivity index (χ2n) is 13.2. The van der Waals surface area contributed by atoms with E-state index in [1.54, 1.807) is 6.07 Å². The van der Waals surface area contributed by atoms with Crippen molar-refractivity contribution in [2.75, 3.05) is 25.0 Å². The van der Waals surface area contributed by atoms with Crippen LogP contribution in [-0.2, 0) is 29.1 Å². The van der Waals surface area contributed by atoms with Crippen LogP contribution in [0.25, 0.3) is 21.1 Å². The lowest BCUT2D eigenvalue weighted by Gasteiger charge is -2.37. The first-order valence-corrected chi connectivity index (χ1v) is 16.6. The van der Waals surface area contributed by atoms with Gasteiger partial charge in [0.25, 0.3) is 0 Å². The summed E-state index contributed by atoms with van der Waals surface area (Å²) in [6, 6.07) is 10.3. The summed E-state index contributed by atoms with van der Waals surface area (Å²) in [6.45, 7) is 5.22. The number of nitrogens with zero attached hydrogens (tertiary/aromatic N) is 5. The van der Waals surface area contributed by atoms with E-state index in [2.05, 4.69) is 60.5 Å². The van der Waals surface area contributed by atoms with E-state index in [1.165, 1.54) is 11.9 Å². The minimum Gasteiger partial charge on any atom is -0.367 e. The lowest BCUT2D eigenvalue weighted by molar-refractivity contribution is -0.126. The van der Waals surface area contributed by atoms with Crippen LogP contribution in [0.4, 0.5) is 19.0 Å². The molecule has 2 unspecified atom stereocenters. The number of aryl methyl sites for hydroxylation is 1. The quantitative estimate of drug-likeness (QED) is 0.197. The number of thiophene rings is 1. The van der Waals surface area contributed by atoms with Crippen molar-refractivity contribution in [3.8, 4) is 6.07 Å². The van der Waals surface area contributed by atoms with Gasteiger partial charge in [0.15, 0.2) is 0 Å². The largest absolute Gasteiger partial charge is 0.393 e. The molecule has 4 aromatic rings. The van der Waals surface area contributed by atoms with Gasteiger partial charge in [0.1, 0.15) is 28.7 Å². The van der Waals surface area contributed by atoms with Crippen molar-refractivity contribution in [2.45, 2.75) is 76.3 Å². The fourth-order valence-corrected chi connectivity index (χ4v) is 8.72. The van der Waals surface area contributed by atoms with E-state index >= 15 is 0 Å². The Morgan fingerprint density at radius 3 is 2.70 bits per heavy atom. The van der Waals surface area contributed by atoms with Gasteiger partial charge in [-0.25, -0.2) is 9.97 Å². The number of piperidine rings is 1. The number of halogens is 3. The molecule has 47 heavy (non-hydrogen) atoms. The molecule has 7 rings (SSSR count). The van der Waals surface area contributed by atoms with Crippen molar-refractivity contribution in [1.29, 1.82) is 5.26 Å². The predicted octanol–water partition coefficient (Wildman–Crippen LogP) is 4.79. The fourth-order valence-electron chi connectivity index (χ4n) is 7.69. The molecule has 1 aromatic carbocycles. The Kier molecular flexibility index (Phi) is 7.87. The van der Waals surface area contributed by atoms with Crippen molar-refractivity contribution in [3.63, 3.8) is 0 Å². The summed E-state index contributed by atoms with van der Waals surface area (Å²) < 4.78 is 40.9. The molecule has 0 spiro atoms. The number of aromatic nitrogens is 3. The summed E-state index contributed by atoms with van der Waals surface area (Å²) in [6.07, 6.45) is 1.17. The van der Waals surface area contributed by atoms with Gasteiger partial charge in [-0.3, -0.25) is 14.5 Å². The molecule has 1 aliphatic heterocycles. The second kappa shape index (κ2) is 11.8. The molecule has 3 aromatic heterocycles. The lowest BCUT2D eigenvalue weighted by Crippen LogP contribution is -2.51. The molecular weight excluding hydrogens is 629 g/mol. The first-order valence-electron chi connectivity index (χ1n) is 15.8. The molecule has 2 atom stereocenters. The number of benzene rings is 1. The zero-order chi connectivity index (χ0) is 33.0. The maximum absolute atomic E-state index is 12.9. The van der Waals surface area contributed by atoms with Gasteiger partial charge in [0.2, 0.25) is 12.3 Å². The normalized spacial score (nSPS) is 22.8. The standard InChI is InChI=1S/C33H35F3N8O2S/c1-20-21(15-43-8-4-22(5-9-43)41-29-26-11-24(12-33(34,35)36)47-30(26)40-18-39-29)2-3-27-25(20)10-23(13-37)44(27)17-31-6-7-32(31,16-31)42-28(46)14-38-19-45/h2-3,10-11,18-19,22H,4-9,12,14-17H2,1H3,(H,38,45)(H,42,46)(H,39,40,41). The van der Waals surface area contributed by atoms with E-state index in [-0.39, 0.29) is 34.3 Å². The Morgan fingerprint density at radius 2 is 2.00 bits per heavy atom. The first-order chi connectivity index (χ1) is 22.5. The highest BCUT2D eigenvalue weighted by molar-refractivity contribution is 7.18. The van der Waals surface area contributed by atoms with Crippen LogP contribution >= 0.6 is 11.3 Å². The molecule has 14 heteroatoms. The van der Waals surface area contributed by atoms with Gasteiger partial charge < -0.3 is 20.5 Å². The molecule has 0 radical (unpaired) electrons. The molecule has 10 nitrogen and oxygen atoms in total. The van der Waals surface area contributed by atoms with Gasteiger partial charge in [0, 0.05) is 59.0 Å². The second-order valence-corrected chi connectivity index (χ2v) is 14.4. The molecule has 1 saturated heterocycles. The zero-order valence-corrected chi connectivity index (χ0v) is 26.7. The summed E-state index contributed by atoms with van der Waals surface area (Å²) in [7, 11) is 0. The molecular formula is C33H35F3N8O2S. The van der Waals surface area contributed by atoms with Crippen LogP contribution in [0.3, 0.4) is 0 Å². The van der Waals surface area contributed by atoms with Gasteiger partial charge in [-0.05, 0) is 68.4 Å². The summed E-state index contributed by atoms with van der Waals surface area (Å²) in [5, 5.41) is 20.7. The molecule has 3 fully saturated rings. The number of amides is 2. The van der Waals surface area contributed by atoms with Crippen molar-refractivity contribution in [1.82, 2.24) is 30.1 Å². The third-order valence-electron chi connectivity index (χ3n) is 10.4. The Hall–Kier alpha value is -4.22. The molecule has 4 heterocycles. The van der Waals surface area contributed by atoms with E-state index in [0.717, 1.165) is 79.5 Å². The van der Waals surface area contributed by atoms with E-state index in [9.17, 15) is 28.0 Å². The van der Waals surface area contributed by atoms with Crippen molar-refractivity contribution in [2.24, 2.45) is 5.41 Å². The van der Waals surface area contributed by atoms with Gasteiger partial charge in [-0.15, -0.1) is 11.3 Å². The maximum Gasteiger partial charge on any atom is 0.393 e. The molecule has 246 valence electrons. The monoisotopic (exact) mass is 664 g/mol. The number of alkyl halides is 3. The Bertz CT molecular complexity index is 1910. The van der Waals surface area contributed by atoms with Crippen LogP contribution in [0.15, 0.2) is 30.6 Å². The number of hydrogen-bond acceptors (Lipinski definition) is 8. The Balaban J connectivity index is 0.996. The topological polar surface area (TPSA) is 128 Å². The van der Waals surface area contributed by atoms with Gasteiger partial charge in [0.05, 0.1) is 18.4 Å². The molecule has 2 amide bonds. The maximum atomic E-state index is 12.9. The highest BCUT2D eigenvalue weighted by Crippen LogP contribution is 2.71. The minimum atomic E-state index is -4.27. The molecule has 0 bridgehead atoms. The Morgan fingerprint density at radius 1 is 1.19 bits per heavy atom. The van der Waals surface area contributed by atoms with Gasteiger partial charge >= 0.3 is 6.18 Å². The third kappa shape index (κ3) is 5.91. The van der Waals surface area contributed by atoms with E-state index < -0.39 is 12.6 Å². The van der Waals surface area contributed by atoms with Crippen LogP contribution in [0.1, 0.15) is 53.8 Å². The zero-order valence-electron chi connectivity index (χ0n) is 25.9. The minimum absolute atomic E-state index is 0.0386. The average Bonchev–Trinajstić information content (AvgIpc) is 3.37. The number of carbonyl (C=O) groups is 2. The van der Waals surface area contributed by atoms with Gasteiger partial charge in [-0.1, -0.05) is 6.07 Å². The number of hydrogen-bond donors (Lipinski definition) is 3. The van der Waals surface area contributed by atoms with Crippen molar-refractivity contribution < 1.29 is 22.8 Å². The van der Waals surface area contributed by atoms with Crippen LogP contribution in [-0.4, -0.2) is 69.1 Å². The van der Waals surface area contributed by atoms with Crippen LogP contribution < -0.4 is 16.0 Å². The molecule has 2 aliphatic carbocycles. The van der Waals surface area contributed by atoms with Crippen molar-refractivity contribution >= 4 is 50.6 Å². The van der Waals surface area contributed by atoms with Crippen LogP contribution in [0.2, 0.25) is 0 Å². The first kappa shape index (κ1) is 31.4. The molecule has 3 aliphatic rings. The molecule has 2 saturated carbocycles. The number of fused-ring (bicyclic) bond motifs is 3. The summed E-state index contributed by atoms with van der Waals surface area (Å²) >= 11 is 1.05. The number of nitrogens with one attached hydrogen (secondary N) is 3. The van der Waals surface area contributed by atoms with E-state index in [0.29, 0.717) is 34.7 Å². The summed E-state index contributed by atoms with van der Waals surface area (Å²) in [4.78, 5) is 34.6. The van der Waals surface area contributed by atoms with Crippen LogP contribution in [0.5, 0.6) is 0 Å². The number of likely N-dealkylation sites (tertiary alicyclic amines) is 1. The average molecular weight is 665 g/mol. The van der Waals surface area contributed by atoms with Crippen LogP contribution in [0, 0.1) is 23.7 Å². The molecule has 3 N–H and O–H groups in total. The van der Waals surface area contributed by atoms with Gasteiger partial charge in [-0.2, -0.15) is 18.4 Å². The number of nitriles is 1. The highest BCUT2D eigenvalue weighted by Gasteiger charge is 2.74. The fraction of sp³-hybridized carbons (Fsp3) is 0.485. The summed E-state index contributed by atoms with van der Waals surface area (Å²) in [5.41, 5.74) is 3.65. The highest BCUT2D eigenvalue weighted by atomic mass is 32.1. The summed E-state index contributed by atoms with van der Waals surface area (Å²) in [5.74, 6) is 0.392.